The van der Waals surface area contributed by atoms with Gasteiger partial charge in [-0.15, -0.1) is 0 Å². The molecule has 0 spiro atoms. The van der Waals surface area contributed by atoms with E-state index < -0.39 is 0 Å². The smallest absolute Gasteiger partial charge is 0.270 e. The zero-order chi connectivity index (χ0) is 13.0. The number of amides is 1. The molecule has 0 unspecified atom stereocenters. The number of nitrogens with two attached hydrogens (primary N) is 1. The summed E-state index contributed by atoms with van der Waals surface area (Å²) < 4.78 is 1.01. The number of anilines is 1. The van der Waals surface area contributed by atoms with Gasteiger partial charge in [0.2, 0.25) is 0 Å². The Morgan fingerprint density at radius 3 is 2.61 bits per heavy atom. The van der Waals surface area contributed by atoms with Crippen molar-refractivity contribution in [2.75, 3.05) is 5.73 Å². The van der Waals surface area contributed by atoms with Crippen LogP contribution in [0.1, 0.15) is 16.1 Å². The van der Waals surface area contributed by atoms with E-state index >= 15 is 0 Å². The van der Waals surface area contributed by atoms with E-state index in [-0.39, 0.29) is 5.91 Å². The number of nitrogens with zero attached hydrogens (tertiary/aromatic N) is 1. The largest absolute Gasteiger partial charge is 0.384 e. The Morgan fingerprint density at radius 2 is 1.94 bits per heavy atom. The van der Waals surface area contributed by atoms with Gasteiger partial charge in [0.1, 0.15) is 11.5 Å². The van der Waals surface area contributed by atoms with Crippen LogP contribution in [0.4, 0.5) is 5.82 Å². The number of carbonyl (C=O) groups is 1. The van der Waals surface area contributed by atoms with Gasteiger partial charge >= 0.3 is 0 Å². The molecule has 1 aromatic carbocycles. The molecule has 18 heavy (non-hydrogen) atoms. The first kappa shape index (κ1) is 12.6. The summed E-state index contributed by atoms with van der Waals surface area (Å²) in [7, 11) is 0. The van der Waals surface area contributed by atoms with Crippen LogP contribution >= 0.6 is 15.9 Å². The SMILES string of the molecule is Nc1cccc(C(=O)NCc2ccc(Br)cc2)n1. The summed E-state index contributed by atoms with van der Waals surface area (Å²) in [4.78, 5) is 15.8. The minimum atomic E-state index is -0.231. The van der Waals surface area contributed by atoms with Gasteiger partial charge in [-0.2, -0.15) is 0 Å². The maximum Gasteiger partial charge on any atom is 0.270 e. The van der Waals surface area contributed by atoms with Crippen molar-refractivity contribution in [1.82, 2.24) is 10.3 Å². The second kappa shape index (κ2) is 5.64. The van der Waals surface area contributed by atoms with Crippen LogP contribution in [0.2, 0.25) is 0 Å². The molecule has 3 N–H and O–H groups in total. The number of benzene rings is 1. The first-order valence-electron chi connectivity index (χ1n) is 5.40. The third-order valence-corrected chi connectivity index (χ3v) is 2.90. The van der Waals surface area contributed by atoms with Gasteiger partial charge < -0.3 is 11.1 Å². The van der Waals surface area contributed by atoms with Crippen molar-refractivity contribution in [3.8, 4) is 0 Å². The molecule has 2 rings (SSSR count). The van der Waals surface area contributed by atoms with E-state index in [0.29, 0.717) is 18.1 Å². The van der Waals surface area contributed by atoms with Crippen LogP contribution in [0.15, 0.2) is 46.9 Å². The number of aromatic nitrogens is 1. The first-order chi connectivity index (χ1) is 8.65. The molecule has 0 aliphatic carbocycles. The van der Waals surface area contributed by atoms with E-state index in [9.17, 15) is 4.79 Å². The zero-order valence-corrected chi connectivity index (χ0v) is 11.1. The highest BCUT2D eigenvalue weighted by atomic mass is 79.9. The predicted molar refractivity (Wildman–Crippen MR) is 74.0 cm³/mol. The van der Waals surface area contributed by atoms with Crippen molar-refractivity contribution in [3.63, 3.8) is 0 Å². The molecule has 1 heterocycles. The van der Waals surface area contributed by atoms with E-state index in [1.54, 1.807) is 18.2 Å². The number of hydrogen-bond donors (Lipinski definition) is 2. The van der Waals surface area contributed by atoms with Crippen molar-refractivity contribution < 1.29 is 4.79 Å². The first-order valence-corrected chi connectivity index (χ1v) is 6.19. The molecule has 1 amide bonds. The molecule has 0 radical (unpaired) electrons. The fourth-order valence-corrected chi connectivity index (χ4v) is 1.72. The second-order valence-electron chi connectivity index (χ2n) is 3.76. The number of nitrogens with one attached hydrogen (secondary N) is 1. The van der Waals surface area contributed by atoms with Crippen molar-refractivity contribution >= 4 is 27.7 Å². The molecule has 5 heteroatoms. The molecule has 0 saturated carbocycles. The lowest BCUT2D eigenvalue weighted by Gasteiger charge is -2.05. The minimum absolute atomic E-state index is 0.231. The van der Waals surface area contributed by atoms with Gasteiger partial charge in [0.25, 0.3) is 5.91 Å². The summed E-state index contributed by atoms with van der Waals surface area (Å²) in [5.74, 6) is 0.108. The quantitative estimate of drug-likeness (QED) is 0.914. The van der Waals surface area contributed by atoms with Crippen molar-refractivity contribution in [2.24, 2.45) is 0 Å². The lowest BCUT2D eigenvalue weighted by molar-refractivity contribution is 0.0946. The highest BCUT2D eigenvalue weighted by molar-refractivity contribution is 9.10. The van der Waals surface area contributed by atoms with E-state index in [1.807, 2.05) is 24.3 Å². The maximum absolute atomic E-state index is 11.8. The normalized spacial score (nSPS) is 10.1. The van der Waals surface area contributed by atoms with Crippen LogP contribution in [0, 0.1) is 0 Å². The van der Waals surface area contributed by atoms with Gasteiger partial charge in [0, 0.05) is 11.0 Å². The molecule has 2 aromatic rings. The summed E-state index contributed by atoms with van der Waals surface area (Å²) in [6.07, 6.45) is 0. The highest BCUT2D eigenvalue weighted by Gasteiger charge is 2.06. The molecule has 92 valence electrons. The van der Waals surface area contributed by atoms with Crippen LogP contribution in [-0.4, -0.2) is 10.9 Å². The van der Waals surface area contributed by atoms with Gasteiger partial charge in [0.15, 0.2) is 0 Å². The molecule has 0 fully saturated rings. The number of pyridine rings is 1. The van der Waals surface area contributed by atoms with E-state index in [4.69, 9.17) is 5.73 Å². The Morgan fingerprint density at radius 1 is 1.22 bits per heavy atom. The Hall–Kier alpha value is -1.88. The molecule has 1 aromatic heterocycles. The summed E-state index contributed by atoms with van der Waals surface area (Å²) in [5, 5.41) is 2.79. The summed E-state index contributed by atoms with van der Waals surface area (Å²) in [5.41, 5.74) is 6.87. The lowest BCUT2D eigenvalue weighted by atomic mass is 10.2. The topological polar surface area (TPSA) is 68.0 Å². The molecule has 0 aliphatic rings. The lowest BCUT2D eigenvalue weighted by Crippen LogP contribution is -2.23. The molecular weight excluding hydrogens is 294 g/mol. The maximum atomic E-state index is 11.8. The van der Waals surface area contributed by atoms with Crippen molar-refractivity contribution in [1.29, 1.82) is 0 Å². The summed E-state index contributed by atoms with van der Waals surface area (Å²) in [6.45, 7) is 0.461. The van der Waals surface area contributed by atoms with Gasteiger partial charge in [-0.1, -0.05) is 34.1 Å². The summed E-state index contributed by atoms with van der Waals surface area (Å²) >= 11 is 3.36. The number of carbonyl (C=O) groups excluding carboxylic acids is 1. The molecular formula is C13H12BrN3O. The van der Waals surface area contributed by atoms with E-state index in [1.165, 1.54) is 0 Å². The highest BCUT2D eigenvalue weighted by Crippen LogP contribution is 2.10. The fourth-order valence-electron chi connectivity index (χ4n) is 1.45. The standard InChI is InChI=1S/C13H12BrN3O/c14-10-6-4-9(5-7-10)8-16-13(18)11-2-1-3-12(15)17-11/h1-7H,8H2,(H2,15,17)(H,16,18). The molecule has 0 atom stereocenters. The van der Waals surface area contributed by atoms with E-state index in [2.05, 4.69) is 26.2 Å². The van der Waals surface area contributed by atoms with Gasteiger partial charge in [0.05, 0.1) is 0 Å². The Bertz CT molecular complexity index is 554. The van der Waals surface area contributed by atoms with Crippen LogP contribution in [0.25, 0.3) is 0 Å². The third kappa shape index (κ3) is 3.30. The van der Waals surface area contributed by atoms with E-state index in [0.717, 1.165) is 10.0 Å². The van der Waals surface area contributed by atoms with Crippen molar-refractivity contribution in [2.45, 2.75) is 6.54 Å². The van der Waals surface area contributed by atoms with Crippen molar-refractivity contribution in [3.05, 3.63) is 58.2 Å². The number of nitrogen functional groups attached to an aromatic ring is 1. The predicted octanol–water partition coefficient (Wildman–Crippen LogP) is 2.36. The molecule has 0 aliphatic heterocycles. The monoisotopic (exact) mass is 305 g/mol. The number of rotatable bonds is 3. The van der Waals surface area contributed by atoms with Gasteiger partial charge in [-0.05, 0) is 29.8 Å². The Balaban J connectivity index is 1.98. The Labute approximate surface area is 113 Å². The van der Waals surface area contributed by atoms with Gasteiger partial charge in [-0.3, -0.25) is 4.79 Å². The molecule has 4 nitrogen and oxygen atoms in total. The van der Waals surface area contributed by atoms with Crippen LogP contribution in [0.5, 0.6) is 0 Å². The van der Waals surface area contributed by atoms with Crippen LogP contribution < -0.4 is 11.1 Å². The van der Waals surface area contributed by atoms with Crippen LogP contribution in [0.3, 0.4) is 0 Å². The van der Waals surface area contributed by atoms with Crippen LogP contribution in [-0.2, 0) is 6.54 Å². The average Bonchev–Trinajstić information content (AvgIpc) is 2.38. The zero-order valence-electron chi connectivity index (χ0n) is 9.56. The third-order valence-electron chi connectivity index (χ3n) is 2.37. The number of halogens is 1. The fraction of sp³-hybridized carbons (Fsp3) is 0.0769. The molecule has 0 bridgehead atoms. The van der Waals surface area contributed by atoms with Gasteiger partial charge in [-0.25, -0.2) is 4.98 Å². The Kier molecular flexibility index (Phi) is 3.94. The molecule has 0 saturated heterocycles. The minimum Gasteiger partial charge on any atom is -0.384 e. The second-order valence-corrected chi connectivity index (χ2v) is 4.67. The number of hydrogen-bond acceptors (Lipinski definition) is 3. The average molecular weight is 306 g/mol. The summed E-state index contributed by atoms with van der Waals surface area (Å²) in [6, 6.07) is 12.7.